The van der Waals surface area contributed by atoms with Gasteiger partial charge in [0, 0.05) is 36.3 Å². The summed E-state index contributed by atoms with van der Waals surface area (Å²) in [4.78, 5) is 34.1. The molecular weight excluding hydrogens is 406 g/mol. The molecule has 2 aromatic heterocycles. The average Bonchev–Trinajstić information content (AvgIpc) is 3.57. The molecule has 7 nitrogen and oxygen atoms in total. The van der Waals surface area contributed by atoms with E-state index in [-0.39, 0.29) is 41.5 Å². The summed E-state index contributed by atoms with van der Waals surface area (Å²) in [7, 11) is 1.56. The topological polar surface area (TPSA) is 84.4 Å². The van der Waals surface area contributed by atoms with Gasteiger partial charge in [-0.1, -0.05) is 6.07 Å². The van der Waals surface area contributed by atoms with Crippen LogP contribution >= 0.6 is 0 Å². The van der Waals surface area contributed by atoms with Crippen molar-refractivity contribution in [1.29, 1.82) is 0 Å². The number of hydrogen-bond donors (Lipinski definition) is 1. The normalized spacial score (nSPS) is 13.3. The van der Waals surface area contributed by atoms with Gasteiger partial charge in [-0.3, -0.25) is 9.59 Å². The predicted molar refractivity (Wildman–Crippen MR) is 109 cm³/mol. The minimum absolute atomic E-state index is 0.0286. The highest BCUT2D eigenvalue weighted by Gasteiger charge is 2.24. The third-order valence-corrected chi connectivity index (χ3v) is 4.78. The molecule has 1 aromatic carbocycles. The zero-order chi connectivity index (χ0) is 22.0. The quantitative estimate of drug-likeness (QED) is 0.623. The number of ether oxygens (including phenoxy) is 1. The molecule has 1 N–H and O–H groups in total. The number of halogens is 2. The van der Waals surface area contributed by atoms with Crippen LogP contribution in [-0.2, 0) is 4.79 Å². The number of aromatic nitrogens is 2. The molecule has 0 radical (unpaired) electrons. The fraction of sp³-hybridized carbons (Fsp3) is 0.273. The van der Waals surface area contributed by atoms with Crippen LogP contribution in [0.1, 0.15) is 35.3 Å². The van der Waals surface area contributed by atoms with Crippen LogP contribution in [0.4, 0.5) is 8.78 Å². The van der Waals surface area contributed by atoms with Gasteiger partial charge >= 0.3 is 0 Å². The molecule has 0 aliphatic heterocycles. The van der Waals surface area contributed by atoms with Crippen molar-refractivity contribution < 1.29 is 23.1 Å². The molecule has 4 rings (SSSR count). The van der Waals surface area contributed by atoms with Gasteiger partial charge in [0.2, 0.25) is 11.8 Å². The van der Waals surface area contributed by atoms with E-state index >= 15 is 0 Å². The summed E-state index contributed by atoms with van der Waals surface area (Å²) in [5.74, 6) is 0.113. The van der Waals surface area contributed by atoms with Gasteiger partial charge in [-0.15, -0.1) is 0 Å². The number of carbonyl (C=O) groups is 2. The van der Waals surface area contributed by atoms with Crippen molar-refractivity contribution in [2.24, 2.45) is 0 Å². The molecule has 1 aliphatic rings. The highest BCUT2D eigenvalue weighted by atomic mass is 19.3. The second-order valence-electron chi connectivity index (χ2n) is 7.39. The van der Waals surface area contributed by atoms with Crippen molar-refractivity contribution in [3.63, 3.8) is 0 Å². The van der Waals surface area contributed by atoms with Crippen molar-refractivity contribution in [3.05, 3.63) is 59.9 Å². The number of nitrogens with zero attached hydrogens (tertiary/aromatic N) is 3. The van der Waals surface area contributed by atoms with Crippen LogP contribution in [0.2, 0.25) is 0 Å². The number of pyridine rings is 2. The molecule has 1 saturated carbocycles. The Labute approximate surface area is 177 Å². The molecule has 160 valence electrons. The van der Waals surface area contributed by atoms with Gasteiger partial charge in [-0.05, 0) is 43.2 Å². The zero-order valence-electron chi connectivity index (χ0n) is 16.7. The smallest absolute Gasteiger partial charge is 0.272 e. The van der Waals surface area contributed by atoms with E-state index in [1.165, 1.54) is 17.0 Å². The van der Waals surface area contributed by atoms with Crippen LogP contribution in [0.5, 0.6) is 11.6 Å². The standard InChI is InChI=1S/C22H20F2N4O3/c1-28(12-19(29)26-15-4-5-15)22(30)18-7-2-13-10-16(6-8-17(13)27-18)31-20-9-3-14(11-25-20)21(23)24/h2-3,6-11,15,21H,4-5,12H2,1H3,(H,26,29). The van der Waals surface area contributed by atoms with Crippen LogP contribution in [0.15, 0.2) is 48.7 Å². The van der Waals surface area contributed by atoms with Crippen molar-refractivity contribution in [2.45, 2.75) is 25.3 Å². The molecule has 0 atom stereocenters. The van der Waals surface area contributed by atoms with Gasteiger partial charge in [-0.2, -0.15) is 0 Å². The largest absolute Gasteiger partial charge is 0.439 e. The second-order valence-corrected chi connectivity index (χ2v) is 7.39. The third-order valence-electron chi connectivity index (χ3n) is 4.78. The maximum Gasteiger partial charge on any atom is 0.272 e. The lowest BCUT2D eigenvalue weighted by atomic mass is 10.2. The fourth-order valence-electron chi connectivity index (χ4n) is 2.97. The van der Waals surface area contributed by atoms with E-state index in [4.69, 9.17) is 4.74 Å². The van der Waals surface area contributed by atoms with E-state index in [9.17, 15) is 18.4 Å². The molecule has 0 unspecified atom stereocenters. The van der Waals surface area contributed by atoms with Crippen LogP contribution < -0.4 is 10.1 Å². The predicted octanol–water partition coefficient (Wildman–Crippen LogP) is 3.71. The van der Waals surface area contributed by atoms with Crippen LogP contribution in [-0.4, -0.2) is 46.3 Å². The molecule has 0 saturated heterocycles. The lowest BCUT2D eigenvalue weighted by Gasteiger charge is -2.16. The minimum atomic E-state index is -2.59. The van der Waals surface area contributed by atoms with Crippen molar-refractivity contribution >= 4 is 22.7 Å². The Morgan fingerprint density at radius 3 is 2.68 bits per heavy atom. The molecule has 9 heteroatoms. The third kappa shape index (κ3) is 5.11. The van der Waals surface area contributed by atoms with Crippen LogP contribution in [0, 0.1) is 0 Å². The highest BCUT2D eigenvalue weighted by molar-refractivity contribution is 5.96. The summed E-state index contributed by atoms with van der Waals surface area (Å²) in [6, 6.07) is 11.2. The van der Waals surface area contributed by atoms with Gasteiger partial charge in [0.1, 0.15) is 11.4 Å². The first-order valence-electron chi connectivity index (χ1n) is 9.76. The molecule has 0 spiro atoms. The lowest BCUT2D eigenvalue weighted by molar-refractivity contribution is -0.121. The molecule has 1 aliphatic carbocycles. The Hall–Kier alpha value is -3.62. The van der Waals surface area contributed by atoms with E-state index in [0.717, 1.165) is 24.4 Å². The van der Waals surface area contributed by atoms with E-state index in [0.29, 0.717) is 11.3 Å². The van der Waals surface area contributed by atoms with E-state index in [1.54, 1.807) is 37.4 Å². The number of benzene rings is 1. The van der Waals surface area contributed by atoms with E-state index in [2.05, 4.69) is 15.3 Å². The lowest BCUT2D eigenvalue weighted by Crippen LogP contribution is -2.39. The number of alkyl halides is 2. The Morgan fingerprint density at radius 1 is 1.19 bits per heavy atom. The number of likely N-dealkylation sites (N-methyl/N-ethyl adjacent to an activating group) is 1. The number of rotatable bonds is 7. The first kappa shape index (κ1) is 20.6. The molecule has 3 aromatic rings. The zero-order valence-corrected chi connectivity index (χ0v) is 16.7. The number of amides is 2. The highest BCUT2D eigenvalue weighted by Crippen LogP contribution is 2.26. The number of carbonyl (C=O) groups excluding carboxylic acids is 2. The molecule has 2 amide bonds. The summed E-state index contributed by atoms with van der Waals surface area (Å²) < 4.78 is 30.9. The molecular formula is C22H20F2N4O3. The Balaban J connectivity index is 1.44. The number of nitrogens with one attached hydrogen (secondary N) is 1. The van der Waals surface area contributed by atoms with Crippen molar-refractivity contribution in [2.75, 3.05) is 13.6 Å². The van der Waals surface area contributed by atoms with E-state index < -0.39 is 6.43 Å². The summed E-state index contributed by atoms with van der Waals surface area (Å²) in [6.07, 6.45) is 0.454. The first-order valence-corrected chi connectivity index (χ1v) is 9.76. The van der Waals surface area contributed by atoms with Crippen molar-refractivity contribution in [1.82, 2.24) is 20.2 Å². The Kier molecular flexibility index (Phi) is 5.75. The average molecular weight is 426 g/mol. The Bertz CT molecular complexity index is 1120. The summed E-state index contributed by atoms with van der Waals surface area (Å²) in [5, 5.41) is 3.58. The maximum atomic E-state index is 12.6. The fourth-order valence-corrected chi connectivity index (χ4v) is 2.97. The summed E-state index contributed by atoms with van der Waals surface area (Å²) >= 11 is 0. The minimum Gasteiger partial charge on any atom is -0.439 e. The van der Waals surface area contributed by atoms with Crippen molar-refractivity contribution in [3.8, 4) is 11.6 Å². The maximum absolute atomic E-state index is 12.6. The van der Waals surface area contributed by atoms with Crippen LogP contribution in [0.3, 0.4) is 0 Å². The summed E-state index contributed by atoms with van der Waals surface area (Å²) in [6.45, 7) is -0.0286. The Morgan fingerprint density at radius 2 is 2.00 bits per heavy atom. The first-order chi connectivity index (χ1) is 14.9. The van der Waals surface area contributed by atoms with E-state index in [1.807, 2.05) is 0 Å². The van der Waals surface area contributed by atoms with Gasteiger partial charge in [0.15, 0.2) is 0 Å². The molecule has 1 fully saturated rings. The number of hydrogen-bond acceptors (Lipinski definition) is 5. The molecule has 31 heavy (non-hydrogen) atoms. The SMILES string of the molecule is CN(CC(=O)NC1CC1)C(=O)c1ccc2cc(Oc3ccc(C(F)F)cn3)ccc2n1. The van der Waals surface area contributed by atoms with Gasteiger partial charge in [0.05, 0.1) is 12.1 Å². The number of fused-ring (bicyclic) bond motifs is 1. The molecule has 2 heterocycles. The van der Waals surface area contributed by atoms with Gasteiger partial charge < -0.3 is 15.0 Å². The monoisotopic (exact) mass is 426 g/mol. The summed E-state index contributed by atoms with van der Waals surface area (Å²) in [5.41, 5.74) is 0.629. The molecule has 0 bridgehead atoms. The second kappa shape index (κ2) is 8.63. The van der Waals surface area contributed by atoms with Crippen LogP contribution in [0.25, 0.3) is 10.9 Å². The van der Waals surface area contributed by atoms with Gasteiger partial charge in [-0.25, -0.2) is 18.7 Å². The van der Waals surface area contributed by atoms with Gasteiger partial charge in [0.25, 0.3) is 12.3 Å².